The van der Waals surface area contributed by atoms with Crippen LogP contribution in [0.5, 0.6) is 23.0 Å². The van der Waals surface area contributed by atoms with E-state index in [9.17, 15) is 30.0 Å². The van der Waals surface area contributed by atoms with Crippen molar-refractivity contribution in [3.05, 3.63) is 70.8 Å². The van der Waals surface area contributed by atoms with Crippen molar-refractivity contribution in [2.45, 2.75) is 170 Å². The number of aromatic hydroxyl groups is 2. The third-order valence-electron chi connectivity index (χ3n) is 9.75. The molecule has 2 unspecified atom stereocenters. The molecule has 12 heteroatoms. The summed E-state index contributed by atoms with van der Waals surface area (Å²) in [7, 11) is 0. The van der Waals surface area contributed by atoms with Gasteiger partial charge in [-0.05, 0) is 106 Å². The largest absolute Gasteiger partial charge is 0.506 e. The smallest absolute Gasteiger partial charge is 0.344 e. The van der Waals surface area contributed by atoms with E-state index in [1.54, 1.807) is 0 Å². The molecule has 312 valence electrons. The van der Waals surface area contributed by atoms with Gasteiger partial charge in [-0.2, -0.15) is 0 Å². The fourth-order valence-electron chi connectivity index (χ4n) is 5.82. The highest BCUT2D eigenvalue weighted by atomic mass is 32.2. The zero-order valence-electron chi connectivity index (χ0n) is 35.8. The minimum atomic E-state index is -1.21. The first kappa shape index (κ1) is 45.5. The van der Waals surface area contributed by atoms with E-state index in [2.05, 4.69) is 83.1 Å². The molecule has 1 aliphatic rings. The Morgan fingerprint density at radius 1 is 0.431 bits per heavy atom. The average molecular weight is 865 g/mol. The second-order valence-electron chi connectivity index (χ2n) is 18.9. The van der Waals surface area contributed by atoms with Crippen molar-refractivity contribution < 1.29 is 39.5 Å². The number of phenols is 2. The molecular weight excluding hydrogens is 809 g/mol. The summed E-state index contributed by atoms with van der Waals surface area (Å²) >= 11 is 5.15. The summed E-state index contributed by atoms with van der Waals surface area (Å²) in [5.41, 5.74) is 2.42. The molecule has 58 heavy (non-hydrogen) atoms. The zero-order valence-corrected chi connectivity index (χ0v) is 39.1. The number of aliphatic carboxylic acids is 2. The fourth-order valence-corrected chi connectivity index (χ4v) is 10.3. The van der Waals surface area contributed by atoms with E-state index in [0.29, 0.717) is 50.7 Å². The lowest BCUT2D eigenvalue weighted by Gasteiger charge is -2.28. The van der Waals surface area contributed by atoms with Crippen molar-refractivity contribution in [1.29, 1.82) is 0 Å². The molecule has 0 saturated carbocycles. The van der Waals surface area contributed by atoms with Crippen LogP contribution in [0.25, 0.3) is 0 Å². The van der Waals surface area contributed by atoms with Gasteiger partial charge in [-0.1, -0.05) is 130 Å². The van der Waals surface area contributed by atoms with Gasteiger partial charge in [0.05, 0.1) is 39.2 Å². The molecule has 2 atom stereocenters. The first-order chi connectivity index (χ1) is 26.5. The number of benzene rings is 4. The Hall–Kier alpha value is -3.58. The molecule has 0 fully saturated rings. The predicted octanol–water partition coefficient (Wildman–Crippen LogP) is 12.9. The predicted molar refractivity (Wildman–Crippen MR) is 236 cm³/mol. The van der Waals surface area contributed by atoms with E-state index in [0.717, 1.165) is 22.3 Å². The van der Waals surface area contributed by atoms with E-state index in [4.69, 9.17) is 9.47 Å². The lowest BCUT2D eigenvalue weighted by Crippen LogP contribution is -2.24. The number of rotatable bonds is 6. The maximum absolute atomic E-state index is 12.3. The Labute approximate surface area is 360 Å². The number of carboxylic acid groups (broad SMARTS) is 2. The van der Waals surface area contributed by atoms with Crippen molar-refractivity contribution in [3.63, 3.8) is 0 Å². The van der Waals surface area contributed by atoms with Crippen molar-refractivity contribution in [2.75, 3.05) is 0 Å². The highest BCUT2D eigenvalue weighted by Crippen LogP contribution is 2.56. The van der Waals surface area contributed by atoms with Crippen LogP contribution in [0.15, 0.2) is 87.7 Å². The molecule has 4 aromatic rings. The quantitative estimate of drug-likeness (QED) is 0.129. The molecule has 8 bridgehead atoms. The van der Waals surface area contributed by atoms with Crippen LogP contribution in [0, 0.1) is 0 Å². The summed E-state index contributed by atoms with van der Waals surface area (Å²) in [6.45, 7) is 28.1. The minimum Gasteiger partial charge on any atom is -0.506 e. The van der Waals surface area contributed by atoms with Gasteiger partial charge in [-0.3, -0.25) is 0 Å². The SMILES string of the molecule is CC(Oc1c2cc(C(C)(C)C)cc1Sc1cc(C(C)(C)C)cc(c1O)Sc1cc(C(C)(C)C)cc(c1OC(C)C(=O)O)Sc1cc(C(C)(C)C)cc(c1O)S2)C(=O)O. The van der Waals surface area contributed by atoms with E-state index in [-0.39, 0.29) is 33.2 Å². The lowest BCUT2D eigenvalue weighted by atomic mass is 9.87. The van der Waals surface area contributed by atoms with Crippen LogP contribution < -0.4 is 9.47 Å². The maximum atomic E-state index is 12.3. The first-order valence-corrected chi connectivity index (χ1v) is 22.4. The Bertz CT molecular complexity index is 2000. The topological polar surface area (TPSA) is 134 Å². The number of fused-ring (bicyclic) bond motifs is 8. The standard InChI is InChI=1S/C46H56O8S4/c1-23(41(49)50)53-39-33-19-27(45(9,10)11)20-34(39)56-30-16-26(44(6,7)8)18-32(38(30)48)58-36-22-28(46(12,13)14)21-35(40(36)54-24(2)42(51)52)57-31-17-25(43(3,4)5)15-29(55-33)37(31)47/h15-24,47-48H,1-14H3,(H,49,50)(H,51,52). The van der Waals surface area contributed by atoms with Crippen LogP contribution in [0.2, 0.25) is 0 Å². The Morgan fingerprint density at radius 2 is 0.621 bits per heavy atom. The van der Waals surface area contributed by atoms with E-state index in [1.807, 2.05) is 48.5 Å². The summed E-state index contributed by atoms with van der Waals surface area (Å²) in [6, 6.07) is 15.8. The second-order valence-corrected chi connectivity index (χ2v) is 23.2. The minimum absolute atomic E-state index is 0.00738. The molecule has 0 amide bonds. The summed E-state index contributed by atoms with van der Waals surface area (Å²) < 4.78 is 12.7. The van der Waals surface area contributed by atoms with Gasteiger partial charge in [0.15, 0.2) is 12.2 Å². The molecule has 4 aromatic carbocycles. The van der Waals surface area contributed by atoms with Gasteiger partial charge in [0.2, 0.25) is 0 Å². The summed E-state index contributed by atoms with van der Waals surface area (Å²) in [4.78, 5) is 29.2. The zero-order chi connectivity index (χ0) is 43.4. The van der Waals surface area contributed by atoms with Gasteiger partial charge in [0, 0.05) is 0 Å². The van der Waals surface area contributed by atoms with Gasteiger partial charge in [0.25, 0.3) is 0 Å². The molecule has 0 spiro atoms. The molecule has 1 heterocycles. The van der Waals surface area contributed by atoms with Crippen LogP contribution >= 0.6 is 47.0 Å². The third kappa shape index (κ3) is 10.2. The molecule has 0 radical (unpaired) electrons. The third-order valence-corrected chi connectivity index (χ3v) is 14.0. The van der Waals surface area contributed by atoms with E-state index < -0.39 is 24.1 Å². The average Bonchev–Trinajstić information content (AvgIpc) is 3.07. The monoisotopic (exact) mass is 864 g/mol. The summed E-state index contributed by atoms with van der Waals surface area (Å²) in [5, 5.41) is 44.7. The molecule has 0 aliphatic carbocycles. The van der Waals surface area contributed by atoms with Gasteiger partial charge in [-0.25, -0.2) is 9.59 Å². The number of ether oxygens (including phenoxy) is 2. The molecule has 5 rings (SSSR count). The molecule has 8 nitrogen and oxygen atoms in total. The fraction of sp³-hybridized carbons (Fsp3) is 0.435. The number of carbonyl (C=O) groups is 2. The van der Waals surface area contributed by atoms with E-state index >= 15 is 0 Å². The van der Waals surface area contributed by atoms with Crippen LogP contribution in [0.4, 0.5) is 0 Å². The number of phenolic OH excluding ortho intramolecular Hbond substituents is 2. The van der Waals surface area contributed by atoms with Gasteiger partial charge < -0.3 is 29.9 Å². The molecule has 0 saturated heterocycles. The second kappa shape index (κ2) is 16.5. The highest BCUT2D eigenvalue weighted by molar-refractivity contribution is 8.01. The van der Waals surface area contributed by atoms with Crippen LogP contribution in [0.3, 0.4) is 0 Å². The normalized spacial score (nSPS) is 14.7. The highest BCUT2D eigenvalue weighted by Gasteiger charge is 2.31. The van der Waals surface area contributed by atoms with Crippen LogP contribution in [-0.2, 0) is 31.2 Å². The van der Waals surface area contributed by atoms with Crippen molar-refractivity contribution in [3.8, 4) is 23.0 Å². The van der Waals surface area contributed by atoms with Crippen molar-refractivity contribution in [2.24, 2.45) is 0 Å². The van der Waals surface area contributed by atoms with E-state index in [1.165, 1.54) is 60.9 Å². The number of hydrogen-bond acceptors (Lipinski definition) is 10. The van der Waals surface area contributed by atoms with Crippen molar-refractivity contribution >= 4 is 59.0 Å². The maximum Gasteiger partial charge on any atom is 0.344 e. The van der Waals surface area contributed by atoms with Crippen molar-refractivity contribution in [1.82, 2.24) is 0 Å². The first-order valence-electron chi connectivity index (χ1n) is 19.2. The van der Waals surface area contributed by atoms with Gasteiger partial charge in [0.1, 0.15) is 23.0 Å². The number of carboxylic acids is 2. The Morgan fingerprint density at radius 3 is 0.793 bits per heavy atom. The molecule has 0 aromatic heterocycles. The summed E-state index contributed by atoms with van der Waals surface area (Å²) in [6.07, 6.45) is -2.42. The van der Waals surface area contributed by atoms with Gasteiger partial charge >= 0.3 is 11.9 Å². The Kier molecular flexibility index (Phi) is 12.9. The van der Waals surface area contributed by atoms with Gasteiger partial charge in [-0.15, -0.1) is 0 Å². The summed E-state index contributed by atoms with van der Waals surface area (Å²) in [5.74, 6) is -1.60. The molecule has 1 aliphatic heterocycles. The van der Waals surface area contributed by atoms with Crippen LogP contribution in [-0.4, -0.2) is 44.6 Å². The molecule has 4 N–H and O–H groups in total. The molecular formula is C46H56O8S4. The Balaban J connectivity index is 1.99. The number of hydrogen-bond donors (Lipinski definition) is 4. The van der Waals surface area contributed by atoms with Crippen LogP contribution in [0.1, 0.15) is 119 Å². The lowest BCUT2D eigenvalue weighted by molar-refractivity contribution is -0.145.